The Morgan fingerprint density at radius 3 is 2.48 bits per heavy atom. The Morgan fingerprint density at radius 2 is 1.77 bits per heavy atom. The summed E-state index contributed by atoms with van der Waals surface area (Å²) in [5.74, 6) is -0.177. The second-order valence-electron chi connectivity index (χ2n) is 8.23. The molecular formula is C23H21ClN10O5S. The number of benzene rings is 2. The Kier molecular flexibility index (Phi) is 7.02. The lowest BCUT2D eigenvalue weighted by atomic mass is 10.2. The van der Waals surface area contributed by atoms with E-state index in [9.17, 15) is 18.3 Å². The van der Waals surface area contributed by atoms with Crippen molar-refractivity contribution >= 4 is 56.6 Å². The van der Waals surface area contributed by atoms with Gasteiger partial charge in [0.25, 0.3) is 21.7 Å². The van der Waals surface area contributed by atoms with E-state index < -0.39 is 27.2 Å². The van der Waals surface area contributed by atoms with Gasteiger partial charge in [-0.1, -0.05) is 11.6 Å². The number of aromatic hydroxyl groups is 1. The number of fused-ring (bicyclic) bond motifs is 1. The van der Waals surface area contributed by atoms with Crippen LogP contribution >= 0.6 is 11.6 Å². The molecule has 0 aliphatic heterocycles. The van der Waals surface area contributed by atoms with Crippen LogP contribution in [0.2, 0.25) is 5.02 Å². The van der Waals surface area contributed by atoms with Crippen LogP contribution in [0, 0.1) is 0 Å². The third kappa shape index (κ3) is 5.52. The van der Waals surface area contributed by atoms with Crippen LogP contribution in [0.1, 0.15) is 10.4 Å². The van der Waals surface area contributed by atoms with Crippen molar-refractivity contribution in [3.8, 4) is 17.3 Å². The number of hydrogen-bond donors (Lipinski definition) is 6. The van der Waals surface area contributed by atoms with Gasteiger partial charge in [0, 0.05) is 24.5 Å². The van der Waals surface area contributed by atoms with E-state index in [1.165, 1.54) is 10.8 Å². The third-order valence-electron chi connectivity index (χ3n) is 5.46. The van der Waals surface area contributed by atoms with Crippen LogP contribution in [0.3, 0.4) is 0 Å². The average Bonchev–Trinajstić information content (AvgIpc) is 3.59. The number of rotatable bonds is 10. The fourth-order valence-electron chi connectivity index (χ4n) is 3.56. The minimum Gasteiger partial charge on any atom is -0.506 e. The largest absolute Gasteiger partial charge is 0.506 e. The molecule has 0 saturated heterocycles. The van der Waals surface area contributed by atoms with Crippen LogP contribution in [0.4, 0.5) is 23.3 Å². The van der Waals surface area contributed by atoms with Crippen molar-refractivity contribution in [2.24, 2.45) is 5.73 Å². The minimum atomic E-state index is -4.13. The standard InChI is InChI=1S/C23H21ClN10O5S/c24-16-11-14(10-15(18(16)35)19(25)36)40(37,38)33-13-5-3-12(4-6-13)27-7-8-28-22-30-21(26)34-23(31-22)29-20(32-34)17-2-1-9-39-17/h1-6,9-11,27,33,35H,7-8H2,(H2,25,36)(H3,26,28,29,30,31,32). The van der Waals surface area contributed by atoms with Gasteiger partial charge in [0.2, 0.25) is 17.7 Å². The number of nitrogen functional groups attached to an aromatic ring is 1. The van der Waals surface area contributed by atoms with E-state index >= 15 is 0 Å². The summed E-state index contributed by atoms with van der Waals surface area (Å²) >= 11 is 5.86. The van der Waals surface area contributed by atoms with Gasteiger partial charge in [-0.25, -0.2) is 8.42 Å². The molecule has 3 heterocycles. The molecule has 0 saturated carbocycles. The SMILES string of the molecule is NC(=O)c1cc(S(=O)(=O)Nc2ccc(NCCNc3nc(N)n4nc(-c5ccco5)nc4n3)cc2)cc(Cl)c1O. The lowest BCUT2D eigenvalue weighted by Crippen LogP contribution is -2.17. The van der Waals surface area contributed by atoms with Gasteiger partial charge in [0.1, 0.15) is 5.75 Å². The van der Waals surface area contributed by atoms with E-state index in [0.29, 0.717) is 30.4 Å². The highest BCUT2D eigenvalue weighted by Gasteiger charge is 2.21. The number of hydrogen-bond acceptors (Lipinski definition) is 12. The van der Waals surface area contributed by atoms with Gasteiger partial charge in [-0.3, -0.25) is 9.52 Å². The van der Waals surface area contributed by atoms with Gasteiger partial charge in [0.15, 0.2) is 5.76 Å². The first kappa shape index (κ1) is 26.5. The maximum absolute atomic E-state index is 12.8. The molecule has 0 bridgehead atoms. The second-order valence-corrected chi connectivity index (χ2v) is 10.3. The Labute approximate surface area is 231 Å². The van der Waals surface area contributed by atoms with Crippen LogP contribution in [0.5, 0.6) is 5.75 Å². The van der Waals surface area contributed by atoms with Crippen molar-refractivity contribution in [3.63, 3.8) is 0 Å². The summed E-state index contributed by atoms with van der Waals surface area (Å²) in [5.41, 5.74) is 11.7. The zero-order valence-corrected chi connectivity index (χ0v) is 21.9. The molecule has 2 aromatic carbocycles. The summed E-state index contributed by atoms with van der Waals surface area (Å²) in [6.45, 7) is 0.888. The number of nitrogens with zero attached hydrogens (tertiary/aromatic N) is 5. The van der Waals surface area contributed by atoms with Crippen LogP contribution in [-0.2, 0) is 10.0 Å². The molecule has 0 aliphatic rings. The smallest absolute Gasteiger partial charge is 0.261 e. The molecule has 0 unspecified atom stereocenters. The molecule has 0 atom stereocenters. The first-order valence-corrected chi connectivity index (χ1v) is 13.3. The zero-order chi connectivity index (χ0) is 28.4. The van der Waals surface area contributed by atoms with E-state index in [1.54, 1.807) is 36.4 Å². The molecule has 5 aromatic rings. The number of halogens is 1. The minimum absolute atomic E-state index is 0.101. The van der Waals surface area contributed by atoms with E-state index in [2.05, 4.69) is 35.4 Å². The van der Waals surface area contributed by atoms with Gasteiger partial charge < -0.3 is 31.6 Å². The number of nitrogens with one attached hydrogen (secondary N) is 3. The van der Waals surface area contributed by atoms with Crippen molar-refractivity contribution in [3.05, 3.63) is 65.4 Å². The monoisotopic (exact) mass is 584 g/mol. The van der Waals surface area contributed by atoms with Gasteiger partial charge in [0.05, 0.1) is 21.7 Å². The molecule has 15 nitrogen and oxygen atoms in total. The number of furan rings is 1. The molecule has 0 aliphatic carbocycles. The zero-order valence-electron chi connectivity index (χ0n) is 20.4. The lowest BCUT2D eigenvalue weighted by Gasteiger charge is -2.12. The quantitative estimate of drug-likeness (QED) is 0.130. The summed E-state index contributed by atoms with van der Waals surface area (Å²) in [5, 5.41) is 20.0. The van der Waals surface area contributed by atoms with Crippen molar-refractivity contribution in [2.45, 2.75) is 4.90 Å². The predicted molar refractivity (Wildman–Crippen MR) is 147 cm³/mol. The summed E-state index contributed by atoms with van der Waals surface area (Å²) in [7, 11) is -4.13. The van der Waals surface area contributed by atoms with Gasteiger partial charge in [-0.2, -0.15) is 19.5 Å². The van der Waals surface area contributed by atoms with Crippen LogP contribution in [0.15, 0.2) is 64.1 Å². The third-order valence-corrected chi connectivity index (χ3v) is 7.11. The molecule has 0 radical (unpaired) electrons. The fraction of sp³-hybridized carbons (Fsp3) is 0.0870. The first-order chi connectivity index (χ1) is 19.1. The fourth-order valence-corrected chi connectivity index (χ4v) is 4.96. The van der Waals surface area contributed by atoms with E-state index in [0.717, 1.165) is 12.1 Å². The average molecular weight is 585 g/mol. The van der Waals surface area contributed by atoms with Gasteiger partial charge >= 0.3 is 0 Å². The van der Waals surface area contributed by atoms with Gasteiger partial charge in [-0.15, -0.1) is 5.10 Å². The Morgan fingerprint density at radius 1 is 1.05 bits per heavy atom. The first-order valence-electron chi connectivity index (χ1n) is 11.5. The summed E-state index contributed by atoms with van der Waals surface area (Å²) in [4.78, 5) is 24.0. The van der Waals surface area contributed by atoms with Crippen molar-refractivity contribution in [2.75, 3.05) is 34.2 Å². The van der Waals surface area contributed by atoms with E-state index in [1.807, 2.05) is 0 Å². The maximum atomic E-state index is 12.8. The molecule has 0 spiro atoms. The predicted octanol–water partition coefficient (Wildman–Crippen LogP) is 2.14. The number of primary amides is 1. The molecular weight excluding hydrogens is 564 g/mol. The molecule has 206 valence electrons. The number of nitrogens with two attached hydrogens (primary N) is 2. The number of sulfonamides is 1. The van der Waals surface area contributed by atoms with E-state index in [-0.39, 0.29) is 33.3 Å². The molecule has 5 rings (SSSR count). The van der Waals surface area contributed by atoms with E-state index in [4.69, 9.17) is 27.5 Å². The van der Waals surface area contributed by atoms with Crippen molar-refractivity contribution in [1.82, 2.24) is 24.6 Å². The number of aromatic nitrogens is 5. The molecule has 3 aromatic heterocycles. The van der Waals surface area contributed by atoms with Crippen molar-refractivity contribution in [1.29, 1.82) is 0 Å². The molecule has 0 fully saturated rings. The van der Waals surface area contributed by atoms with Crippen LogP contribution in [0.25, 0.3) is 17.4 Å². The maximum Gasteiger partial charge on any atom is 0.261 e. The molecule has 1 amide bonds. The Hall–Kier alpha value is -5.09. The highest BCUT2D eigenvalue weighted by atomic mass is 35.5. The number of phenols is 1. The highest BCUT2D eigenvalue weighted by Crippen LogP contribution is 2.31. The topological polar surface area (TPSA) is 229 Å². The Bertz CT molecular complexity index is 1810. The lowest BCUT2D eigenvalue weighted by molar-refractivity contribution is 0.0997. The molecule has 40 heavy (non-hydrogen) atoms. The number of amides is 1. The van der Waals surface area contributed by atoms with Crippen molar-refractivity contribution < 1.29 is 22.7 Å². The van der Waals surface area contributed by atoms with Gasteiger partial charge in [-0.05, 0) is 48.5 Å². The summed E-state index contributed by atoms with van der Waals surface area (Å²) < 4.78 is 34.5. The summed E-state index contributed by atoms with van der Waals surface area (Å²) in [6, 6.07) is 11.8. The Balaban J connectivity index is 1.17. The number of anilines is 4. The number of carbonyl (C=O) groups is 1. The second kappa shape index (κ2) is 10.6. The van der Waals surface area contributed by atoms with Crippen LogP contribution in [-0.4, -0.2) is 57.1 Å². The molecule has 17 heteroatoms. The van der Waals surface area contributed by atoms with Crippen LogP contribution < -0.4 is 26.8 Å². The molecule has 8 N–H and O–H groups in total. The normalized spacial score (nSPS) is 11.4. The summed E-state index contributed by atoms with van der Waals surface area (Å²) in [6.07, 6.45) is 1.51. The highest BCUT2D eigenvalue weighted by molar-refractivity contribution is 7.92. The number of carbonyl (C=O) groups excluding carboxylic acids is 1.